The van der Waals surface area contributed by atoms with Crippen molar-refractivity contribution in [3.8, 4) is 0 Å². The number of pyridine rings is 1. The number of nitrogens with one attached hydrogen (secondary N) is 2. The van der Waals surface area contributed by atoms with Crippen LogP contribution in [0.1, 0.15) is 53.6 Å². The summed E-state index contributed by atoms with van der Waals surface area (Å²) in [6.07, 6.45) is 7.31. The van der Waals surface area contributed by atoms with Gasteiger partial charge in [-0.1, -0.05) is 0 Å². The number of fused-ring (bicyclic) bond motifs is 3. The zero-order chi connectivity index (χ0) is 23.9. The van der Waals surface area contributed by atoms with E-state index in [0.29, 0.717) is 6.04 Å². The first-order valence-corrected chi connectivity index (χ1v) is 13.0. The van der Waals surface area contributed by atoms with Crippen LogP contribution in [0.4, 0.5) is 17.2 Å². The maximum atomic E-state index is 12.6. The number of rotatable bonds is 5. The van der Waals surface area contributed by atoms with Crippen LogP contribution in [0.15, 0.2) is 30.5 Å². The van der Waals surface area contributed by atoms with Gasteiger partial charge in [0.2, 0.25) is 5.91 Å². The maximum absolute atomic E-state index is 12.6. The molecule has 2 N–H and O–H groups in total. The van der Waals surface area contributed by atoms with Gasteiger partial charge >= 0.3 is 0 Å². The fourth-order valence-electron chi connectivity index (χ4n) is 5.63. The normalized spacial score (nSPS) is 22.3. The first-order valence-electron chi connectivity index (χ1n) is 13.0. The number of benzene rings is 1. The van der Waals surface area contributed by atoms with Gasteiger partial charge < -0.3 is 20.4 Å². The number of nitrogens with zero attached hydrogens (tertiary/aromatic N) is 4. The van der Waals surface area contributed by atoms with Crippen LogP contribution in [0.5, 0.6) is 0 Å². The lowest BCUT2D eigenvalue weighted by molar-refractivity contribution is -0.118. The molecule has 0 radical (unpaired) electrons. The third-order valence-corrected chi connectivity index (χ3v) is 7.75. The molecular weight excluding hydrogens is 440 g/mol. The second-order valence-corrected chi connectivity index (χ2v) is 10.4. The lowest BCUT2D eigenvalue weighted by Gasteiger charge is -2.40. The Balaban J connectivity index is 1.07. The molecule has 8 heteroatoms. The number of aromatic nitrogens is 1. The van der Waals surface area contributed by atoms with Gasteiger partial charge in [0.15, 0.2) is 5.82 Å². The van der Waals surface area contributed by atoms with E-state index in [1.165, 1.54) is 5.69 Å². The molecule has 2 aromatic rings. The monoisotopic (exact) mass is 474 g/mol. The van der Waals surface area contributed by atoms with Gasteiger partial charge in [0, 0.05) is 62.8 Å². The van der Waals surface area contributed by atoms with Crippen molar-refractivity contribution in [1.82, 2.24) is 15.2 Å². The molecule has 184 valence electrons. The summed E-state index contributed by atoms with van der Waals surface area (Å²) in [5.41, 5.74) is 5.09. The molecule has 1 aliphatic carbocycles. The van der Waals surface area contributed by atoms with Crippen LogP contribution in [0, 0.1) is 6.92 Å². The maximum Gasteiger partial charge on any atom is 0.251 e. The molecular formula is C27H34N6O2. The fraction of sp³-hybridized carbons (Fsp3) is 0.519. The number of anilines is 3. The first-order chi connectivity index (χ1) is 17.0. The Morgan fingerprint density at radius 1 is 1.09 bits per heavy atom. The summed E-state index contributed by atoms with van der Waals surface area (Å²) in [4.78, 5) is 36.8. The first kappa shape index (κ1) is 22.3. The second kappa shape index (κ2) is 9.15. The van der Waals surface area contributed by atoms with Crippen LogP contribution in [0.2, 0.25) is 0 Å². The number of hydrogen-bond acceptors (Lipinski definition) is 6. The Morgan fingerprint density at radius 3 is 2.69 bits per heavy atom. The lowest BCUT2D eigenvalue weighted by atomic mass is 9.99. The third-order valence-electron chi connectivity index (χ3n) is 7.75. The Morgan fingerprint density at radius 2 is 1.91 bits per heavy atom. The molecule has 1 aromatic heterocycles. The molecule has 1 unspecified atom stereocenters. The average molecular weight is 475 g/mol. The molecule has 0 spiro atoms. The van der Waals surface area contributed by atoms with Crippen molar-refractivity contribution in [3.05, 3.63) is 47.2 Å². The predicted molar refractivity (Wildman–Crippen MR) is 137 cm³/mol. The topological polar surface area (TPSA) is 80.8 Å². The zero-order valence-corrected chi connectivity index (χ0v) is 20.4. The van der Waals surface area contributed by atoms with Crippen LogP contribution in [0.25, 0.3) is 0 Å². The molecule has 1 aromatic carbocycles. The molecule has 6 rings (SSSR count). The van der Waals surface area contributed by atoms with Crippen LogP contribution >= 0.6 is 0 Å². The van der Waals surface area contributed by atoms with Crippen molar-refractivity contribution in [2.75, 3.05) is 47.8 Å². The van der Waals surface area contributed by atoms with Gasteiger partial charge in [0.25, 0.3) is 5.91 Å². The Kier molecular flexibility index (Phi) is 5.84. The molecule has 2 amide bonds. The quantitative estimate of drug-likeness (QED) is 0.694. The number of hydrogen-bond donors (Lipinski definition) is 2. The van der Waals surface area contributed by atoms with E-state index in [1.807, 2.05) is 18.3 Å². The van der Waals surface area contributed by atoms with Gasteiger partial charge in [0.1, 0.15) is 6.04 Å². The molecule has 3 fully saturated rings. The summed E-state index contributed by atoms with van der Waals surface area (Å²) in [5, 5.41) is 6.17. The Bertz CT molecular complexity index is 1140. The zero-order valence-electron chi connectivity index (χ0n) is 20.4. The summed E-state index contributed by atoms with van der Waals surface area (Å²) in [5.74, 6) is 1.07. The second-order valence-electron chi connectivity index (χ2n) is 10.4. The van der Waals surface area contributed by atoms with E-state index in [4.69, 9.17) is 4.98 Å². The third kappa shape index (κ3) is 4.59. The Hall–Kier alpha value is -3.13. The van der Waals surface area contributed by atoms with E-state index in [9.17, 15) is 9.59 Å². The van der Waals surface area contributed by atoms with Crippen molar-refractivity contribution in [2.45, 2.75) is 57.7 Å². The van der Waals surface area contributed by atoms with Crippen molar-refractivity contribution < 1.29 is 9.59 Å². The van der Waals surface area contributed by atoms with Gasteiger partial charge in [-0.15, -0.1) is 0 Å². The molecule has 35 heavy (non-hydrogen) atoms. The van der Waals surface area contributed by atoms with E-state index in [1.54, 1.807) is 0 Å². The molecule has 8 nitrogen and oxygen atoms in total. The van der Waals surface area contributed by atoms with Gasteiger partial charge in [0.05, 0.1) is 5.69 Å². The molecule has 2 saturated heterocycles. The predicted octanol–water partition coefficient (Wildman–Crippen LogP) is 2.92. The fourth-order valence-corrected chi connectivity index (χ4v) is 5.63. The summed E-state index contributed by atoms with van der Waals surface area (Å²) in [6, 6.07) is 8.47. The van der Waals surface area contributed by atoms with E-state index in [0.717, 1.165) is 99.6 Å². The molecule has 3 aliphatic heterocycles. The SMILES string of the molecule is Cc1cc(C(=O)NC2CC2)ccc1N1CCN(Cc2cnc3c(c2)NC(=O)C2CCCCN32)CC1. The van der Waals surface area contributed by atoms with Crippen molar-refractivity contribution in [1.29, 1.82) is 0 Å². The van der Waals surface area contributed by atoms with Gasteiger partial charge in [-0.25, -0.2) is 4.98 Å². The smallest absolute Gasteiger partial charge is 0.251 e. The summed E-state index contributed by atoms with van der Waals surface area (Å²) >= 11 is 0. The highest BCUT2D eigenvalue weighted by Gasteiger charge is 2.35. The minimum Gasteiger partial charge on any atom is -0.369 e. The van der Waals surface area contributed by atoms with E-state index >= 15 is 0 Å². The van der Waals surface area contributed by atoms with Crippen molar-refractivity contribution in [3.63, 3.8) is 0 Å². The van der Waals surface area contributed by atoms with Crippen LogP contribution in [-0.4, -0.2) is 66.5 Å². The largest absolute Gasteiger partial charge is 0.369 e. The van der Waals surface area contributed by atoms with Gasteiger partial charge in [-0.05, 0) is 74.4 Å². The van der Waals surface area contributed by atoms with Gasteiger partial charge in [-0.2, -0.15) is 0 Å². The number of carbonyl (C=O) groups excluding carboxylic acids is 2. The Labute approximate surface area is 206 Å². The molecule has 0 bridgehead atoms. The summed E-state index contributed by atoms with van der Waals surface area (Å²) < 4.78 is 0. The van der Waals surface area contributed by atoms with Crippen LogP contribution in [-0.2, 0) is 11.3 Å². The van der Waals surface area contributed by atoms with Crippen molar-refractivity contribution in [2.24, 2.45) is 0 Å². The van der Waals surface area contributed by atoms with E-state index in [-0.39, 0.29) is 17.9 Å². The summed E-state index contributed by atoms with van der Waals surface area (Å²) in [6.45, 7) is 7.63. The van der Waals surface area contributed by atoms with Crippen molar-refractivity contribution >= 4 is 29.0 Å². The average Bonchev–Trinajstić information content (AvgIpc) is 3.69. The highest BCUT2D eigenvalue weighted by Crippen LogP contribution is 2.35. The summed E-state index contributed by atoms with van der Waals surface area (Å²) in [7, 11) is 0. The minimum absolute atomic E-state index is 0.0395. The molecule has 4 heterocycles. The number of piperidine rings is 1. The minimum atomic E-state index is -0.0622. The van der Waals surface area contributed by atoms with E-state index in [2.05, 4.69) is 44.4 Å². The number of amides is 2. The van der Waals surface area contributed by atoms with Crippen LogP contribution < -0.4 is 20.4 Å². The molecule has 1 saturated carbocycles. The lowest BCUT2D eigenvalue weighted by Crippen LogP contribution is -2.51. The molecule has 4 aliphatic rings. The van der Waals surface area contributed by atoms with Gasteiger partial charge in [-0.3, -0.25) is 14.5 Å². The number of aryl methyl sites for hydroxylation is 1. The van der Waals surface area contributed by atoms with Crippen LogP contribution in [0.3, 0.4) is 0 Å². The highest BCUT2D eigenvalue weighted by atomic mass is 16.2. The number of piperazine rings is 1. The van der Waals surface area contributed by atoms with E-state index < -0.39 is 0 Å². The standard InChI is InChI=1S/C27H34N6O2/c1-18-14-20(26(34)29-21-6-7-21)5-8-23(18)32-12-10-31(11-13-32)17-19-15-22-25(28-16-19)33-9-3-2-4-24(33)27(35)30-22/h5,8,14-16,21,24H,2-4,6-7,9-13,17H2,1H3,(H,29,34)(H,30,35). The number of carbonyl (C=O) groups is 2. The highest BCUT2D eigenvalue weighted by molar-refractivity contribution is 6.03. The molecule has 1 atom stereocenters.